The molecule has 2 aromatic heterocycles. The zero-order chi connectivity index (χ0) is 20.5. The lowest BCUT2D eigenvalue weighted by molar-refractivity contribution is -0.384. The number of nitro groups is 1. The van der Waals surface area contributed by atoms with E-state index in [1.54, 1.807) is 12.1 Å². The first-order valence-corrected chi connectivity index (χ1v) is 9.11. The monoisotopic (exact) mass is 406 g/mol. The van der Waals surface area contributed by atoms with Crippen molar-refractivity contribution in [1.82, 2.24) is 9.38 Å². The number of fused-ring (bicyclic) bond motifs is 1. The van der Waals surface area contributed by atoms with E-state index in [0.29, 0.717) is 11.4 Å². The van der Waals surface area contributed by atoms with Crippen molar-refractivity contribution in [3.8, 4) is 11.3 Å². The quantitative estimate of drug-likeness (QED) is 0.376. The molecule has 8 heteroatoms. The van der Waals surface area contributed by atoms with Gasteiger partial charge in [0.25, 0.3) is 11.6 Å². The first kappa shape index (κ1) is 18.6. The number of halogens is 1. The van der Waals surface area contributed by atoms with E-state index in [0.717, 1.165) is 22.8 Å². The zero-order valence-electron chi connectivity index (χ0n) is 15.3. The Morgan fingerprint density at radius 1 is 1.17 bits per heavy atom. The van der Waals surface area contributed by atoms with E-state index >= 15 is 0 Å². The number of amides is 1. The van der Waals surface area contributed by atoms with Crippen molar-refractivity contribution >= 4 is 34.5 Å². The Labute approximate surface area is 170 Å². The predicted octanol–water partition coefficient (Wildman–Crippen LogP) is 5.12. The largest absolute Gasteiger partial charge is 0.321 e. The van der Waals surface area contributed by atoms with Gasteiger partial charge in [0.05, 0.1) is 26.9 Å². The molecule has 2 aromatic carbocycles. The van der Waals surface area contributed by atoms with E-state index < -0.39 is 10.8 Å². The van der Waals surface area contributed by atoms with E-state index in [1.807, 2.05) is 48.0 Å². The van der Waals surface area contributed by atoms with Gasteiger partial charge in [0.2, 0.25) is 0 Å². The number of aryl methyl sites for hydroxylation is 1. The van der Waals surface area contributed by atoms with Gasteiger partial charge in [0.1, 0.15) is 5.65 Å². The number of benzene rings is 2. The van der Waals surface area contributed by atoms with Gasteiger partial charge in [0, 0.05) is 30.1 Å². The Bertz CT molecular complexity index is 1270. The van der Waals surface area contributed by atoms with Crippen LogP contribution in [0.1, 0.15) is 15.9 Å². The van der Waals surface area contributed by atoms with E-state index in [1.165, 1.54) is 12.1 Å². The summed E-state index contributed by atoms with van der Waals surface area (Å²) < 4.78 is 1.92. The number of nitrogens with zero attached hydrogens (tertiary/aromatic N) is 3. The van der Waals surface area contributed by atoms with Crippen molar-refractivity contribution in [3.05, 3.63) is 93.3 Å². The number of pyridine rings is 1. The normalized spacial score (nSPS) is 10.8. The summed E-state index contributed by atoms with van der Waals surface area (Å²) in [7, 11) is 0. The van der Waals surface area contributed by atoms with Crippen molar-refractivity contribution in [2.24, 2.45) is 0 Å². The fourth-order valence-corrected chi connectivity index (χ4v) is 3.29. The number of imidazole rings is 1. The lowest BCUT2D eigenvalue weighted by atomic mass is 10.1. The maximum Gasteiger partial charge on any atom is 0.270 e. The molecule has 0 spiro atoms. The average molecular weight is 407 g/mol. The van der Waals surface area contributed by atoms with Crippen LogP contribution in [0, 0.1) is 17.0 Å². The molecule has 0 saturated carbocycles. The standard InChI is InChI=1S/C21H15ClN4O3/c1-13-5-4-10-25-12-19(23-20(13)25)15-6-2-3-7-18(15)24-21(27)16-11-14(26(28)29)8-9-17(16)22/h2-12H,1H3,(H,24,27). The van der Waals surface area contributed by atoms with Crippen LogP contribution in [-0.4, -0.2) is 20.2 Å². The van der Waals surface area contributed by atoms with Crippen LogP contribution >= 0.6 is 11.6 Å². The minimum absolute atomic E-state index is 0.0292. The van der Waals surface area contributed by atoms with Gasteiger partial charge in [-0.05, 0) is 30.7 Å². The summed E-state index contributed by atoms with van der Waals surface area (Å²) in [5, 5.41) is 13.9. The van der Waals surface area contributed by atoms with Gasteiger partial charge >= 0.3 is 0 Å². The van der Waals surface area contributed by atoms with Gasteiger partial charge in [-0.1, -0.05) is 35.9 Å². The number of nitro benzene ring substituents is 1. The highest BCUT2D eigenvalue weighted by Gasteiger charge is 2.18. The van der Waals surface area contributed by atoms with Crippen LogP contribution in [0.4, 0.5) is 11.4 Å². The third-order valence-corrected chi connectivity index (χ3v) is 4.86. The molecular formula is C21H15ClN4O3. The Morgan fingerprint density at radius 2 is 1.97 bits per heavy atom. The SMILES string of the molecule is Cc1cccn2cc(-c3ccccc3NC(=O)c3cc([N+](=O)[O-])ccc3Cl)nc12. The van der Waals surface area contributed by atoms with Gasteiger partial charge in [0.15, 0.2) is 0 Å². The van der Waals surface area contributed by atoms with Gasteiger partial charge in [-0.15, -0.1) is 0 Å². The molecule has 1 amide bonds. The molecule has 29 heavy (non-hydrogen) atoms. The van der Waals surface area contributed by atoms with E-state index in [2.05, 4.69) is 10.3 Å². The molecular weight excluding hydrogens is 392 g/mol. The number of nitrogens with one attached hydrogen (secondary N) is 1. The summed E-state index contributed by atoms with van der Waals surface area (Å²) in [5.41, 5.74) is 3.63. The Hall–Kier alpha value is -3.71. The number of hydrogen-bond donors (Lipinski definition) is 1. The van der Waals surface area contributed by atoms with Gasteiger partial charge in [-0.2, -0.15) is 0 Å². The number of aromatic nitrogens is 2. The van der Waals surface area contributed by atoms with Crippen LogP contribution in [-0.2, 0) is 0 Å². The van der Waals surface area contributed by atoms with Crippen molar-refractivity contribution < 1.29 is 9.72 Å². The van der Waals surface area contributed by atoms with Crippen LogP contribution in [0.3, 0.4) is 0 Å². The molecule has 0 radical (unpaired) electrons. The summed E-state index contributed by atoms with van der Waals surface area (Å²) >= 11 is 6.09. The number of rotatable bonds is 4. The molecule has 0 bridgehead atoms. The molecule has 0 aliphatic heterocycles. The van der Waals surface area contributed by atoms with Crippen LogP contribution < -0.4 is 5.32 Å². The molecule has 0 aliphatic rings. The molecule has 2 heterocycles. The fourth-order valence-electron chi connectivity index (χ4n) is 3.09. The summed E-state index contributed by atoms with van der Waals surface area (Å²) in [6.45, 7) is 1.98. The molecule has 0 unspecified atom stereocenters. The number of hydrogen-bond acceptors (Lipinski definition) is 4. The number of non-ortho nitro benzene ring substituents is 1. The minimum atomic E-state index is -0.569. The Kier molecular flexibility index (Phi) is 4.74. The summed E-state index contributed by atoms with van der Waals surface area (Å²) in [4.78, 5) is 27.9. The van der Waals surface area contributed by atoms with Crippen LogP contribution in [0.5, 0.6) is 0 Å². The van der Waals surface area contributed by atoms with Crippen molar-refractivity contribution in [3.63, 3.8) is 0 Å². The first-order valence-electron chi connectivity index (χ1n) is 8.73. The van der Waals surface area contributed by atoms with Crippen LogP contribution in [0.25, 0.3) is 16.9 Å². The summed E-state index contributed by atoms with van der Waals surface area (Å²) in [6, 6.07) is 14.9. The lowest BCUT2D eigenvalue weighted by Gasteiger charge is -2.10. The van der Waals surface area contributed by atoms with Crippen molar-refractivity contribution in [2.45, 2.75) is 6.92 Å². The smallest absolute Gasteiger partial charge is 0.270 e. The maximum absolute atomic E-state index is 12.8. The van der Waals surface area contributed by atoms with Crippen molar-refractivity contribution in [2.75, 3.05) is 5.32 Å². The second-order valence-electron chi connectivity index (χ2n) is 6.47. The first-order chi connectivity index (χ1) is 13.9. The molecule has 7 nitrogen and oxygen atoms in total. The number of carbonyl (C=O) groups is 1. The molecule has 4 aromatic rings. The lowest BCUT2D eigenvalue weighted by Crippen LogP contribution is -2.13. The maximum atomic E-state index is 12.8. The number of para-hydroxylation sites is 1. The van der Waals surface area contributed by atoms with Gasteiger partial charge in [-0.25, -0.2) is 4.98 Å². The van der Waals surface area contributed by atoms with Gasteiger partial charge in [-0.3, -0.25) is 14.9 Å². The highest BCUT2D eigenvalue weighted by molar-refractivity contribution is 6.34. The Morgan fingerprint density at radius 3 is 2.72 bits per heavy atom. The second-order valence-corrected chi connectivity index (χ2v) is 6.88. The molecule has 4 rings (SSSR count). The second kappa shape index (κ2) is 7.37. The summed E-state index contributed by atoms with van der Waals surface area (Å²) in [5.74, 6) is -0.536. The predicted molar refractivity (Wildman–Crippen MR) is 111 cm³/mol. The number of carbonyl (C=O) groups excluding carboxylic acids is 1. The Balaban J connectivity index is 1.72. The fraction of sp³-hybridized carbons (Fsp3) is 0.0476. The van der Waals surface area contributed by atoms with E-state index in [9.17, 15) is 14.9 Å². The van der Waals surface area contributed by atoms with Crippen LogP contribution in [0.2, 0.25) is 5.02 Å². The molecule has 144 valence electrons. The molecule has 0 aliphatic carbocycles. The molecule has 1 N–H and O–H groups in total. The molecule has 0 atom stereocenters. The van der Waals surface area contributed by atoms with Crippen LogP contribution in [0.15, 0.2) is 67.0 Å². The highest BCUT2D eigenvalue weighted by Crippen LogP contribution is 2.29. The summed E-state index contributed by atoms with van der Waals surface area (Å²) in [6.07, 6.45) is 3.79. The topological polar surface area (TPSA) is 89.5 Å². The third kappa shape index (κ3) is 3.55. The molecule has 0 fully saturated rings. The number of anilines is 1. The third-order valence-electron chi connectivity index (χ3n) is 4.53. The highest BCUT2D eigenvalue weighted by atomic mass is 35.5. The average Bonchev–Trinajstić information content (AvgIpc) is 3.14. The van der Waals surface area contributed by atoms with E-state index in [-0.39, 0.29) is 16.3 Å². The van der Waals surface area contributed by atoms with E-state index in [4.69, 9.17) is 11.6 Å². The van der Waals surface area contributed by atoms with Gasteiger partial charge < -0.3 is 9.72 Å². The molecule has 0 saturated heterocycles. The van der Waals surface area contributed by atoms with Crippen molar-refractivity contribution in [1.29, 1.82) is 0 Å². The zero-order valence-corrected chi connectivity index (χ0v) is 16.1. The minimum Gasteiger partial charge on any atom is -0.321 e.